The van der Waals surface area contributed by atoms with Crippen LogP contribution in [0.4, 0.5) is 5.69 Å². The number of sulfonamides is 1. The van der Waals surface area contributed by atoms with Gasteiger partial charge in [-0.2, -0.15) is 0 Å². The van der Waals surface area contributed by atoms with Crippen LogP contribution in [-0.2, 0) is 10.0 Å². The summed E-state index contributed by atoms with van der Waals surface area (Å²) in [7, 11) is 1.54. The molecular formula is C15H26N4O4S. The number of hydrogen-bond donors (Lipinski definition) is 2. The fourth-order valence-corrected chi connectivity index (χ4v) is 2.80. The molecule has 0 heterocycles. The van der Waals surface area contributed by atoms with E-state index in [1.807, 2.05) is 0 Å². The number of rotatable bonds is 9. The van der Waals surface area contributed by atoms with Crippen molar-refractivity contribution in [1.82, 2.24) is 4.31 Å². The molecule has 0 fully saturated rings. The van der Waals surface area contributed by atoms with Gasteiger partial charge in [0, 0.05) is 31.9 Å². The van der Waals surface area contributed by atoms with Crippen LogP contribution in [0, 0.1) is 0 Å². The van der Waals surface area contributed by atoms with Crippen molar-refractivity contribution in [3.63, 3.8) is 0 Å². The Labute approximate surface area is 143 Å². The maximum Gasteiger partial charge on any atom is 0.213 e. The molecule has 0 bridgehead atoms. The molecule has 0 atom stereocenters. The van der Waals surface area contributed by atoms with Crippen LogP contribution in [0.3, 0.4) is 0 Å². The second-order valence-corrected chi connectivity index (χ2v) is 7.40. The molecule has 9 heteroatoms. The molecule has 0 aliphatic rings. The summed E-state index contributed by atoms with van der Waals surface area (Å²) in [5.74, 6) is 1.55. The zero-order valence-electron chi connectivity index (χ0n) is 14.6. The maximum absolute atomic E-state index is 11.6. The molecule has 1 rings (SSSR count). The Hall–Kier alpha value is -2.00. The topological polar surface area (TPSA) is 106 Å². The summed E-state index contributed by atoms with van der Waals surface area (Å²) >= 11 is 0. The first-order valence-corrected chi connectivity index (χ1v) is 9.18. The summed E-state index contributed by atoms with van der Waals surface area (Å²) in [6.07, 6.45) is 0.587. The zero-order valence-corrected chi connectivity index (χ0v) is 15.4. The van der Waals surface area contributed by atoms with Crippen molar-refractivity contribution in [3.05, 3.63) is 18.2 Å². The average Bonchev–Trinajstić information content (AvgIpc) is 2.58. The summed E-state index contributed by atoms with van der Waals surface area (Å²) in [5.41, 5.74) is 6.55. The van der Waals surface area contributed by atoms with Crippen molar-refractivity contribution in [2.45, 2.75) is 13.3 Å². The first-order valence-electron chi connectivity index (χ1n) is 7.57. The van der Waals surface area contributed by atoms with Crippen molar-refractivity contribution in [1.29, 1.82) is 0 Å². The van der Waals surface area contributed by atoms with E-state index in [1.165, 1.54) is 4.31 Å². The van der Waals surface area contributed by atoms with Crippen molar-refractivity contribution < 1.29 is 17.9 Å². The number of nitrogens with two attached hydrogens (primary N) is 1. The second kappa shape index (κ2) is 9.33. The third kappa shape index (κ3) is 5.89. The second-order valence-electron chi connectivity index (χ2n) is 5.04. The summed E-state index contributed by atoms with van der Waals surface area (Å²) in [6.45, 7) is 2.45. The van der Waals surface area contributed by atoms with E-state index < -0.39 is 10.0 Å². The third-order valence-corrected chi connectivity index (χ3v) is 5.27. The van der Waals surface area contributed by atoms with Crippen LogP contribution >= 0.6 is 0 Å². The van der Waals surface area contributed by atoms with E-state index in [4.69, 9.17) is 15.2 Å². The number of hydrogen-bond acceptors (Lipinski definition) is 5. The largest absolute Gasteiger partial charge is 0.493 e. The number of anilines is 1. The Balaban J connectivity index is 2.53. The van der Waals surface area contributed by atoms with Crippen LogP contribution in [0.5, 0.6) is 11.5 Å². The molecule has 0 aliphatic carbocycles. The van der Waals surface area contributed by atoms with Gasteiger partial charge in [0.2, 0.25) is 10.0 Å². The summed E-state index contributed by atoms with van der Waals surface area (Å²) in [5, 5.41) is 2.96. The van der Waals surface area contributed by atoms with Gasteiger partial charge in [0.15, 0.2) is 17.5 Å². The minimum absolute atomic E-state index is 0.0930. The van der Waals surface area contributed by atoms with Gasteiger partial charge in [0.25, 0.3) is 0 Å². The van der Waals surface area contributed by atoms with Crippen LogP contribution in [0.2, 0.25) is 0 Å². The SMILES string of the molecule is CCS(=O)(=O)N(C)CCCN=C(N)Nc1ccc(OC)c(OC)c1. The molecule has 3 N–H and O–H groups in total. The van der Waals surface area contributed by atoms with Crippen LogP contribution < -0.4 is 20.5 Å². The van der Waals surface area contributed by atoms with Crippen molar-refractivity contribution >= 4 is 21.7 Å². The predicted molar refractivity (Wildman–Crippen MR) is 96.4 cm³/mol. The number of methoxy groups -OCH3 is 2. The van der Waals surface area contributed by atoms with E-state index in [0.29, 0.717) is 31.0 Å². The number of ether oxygens (including phenoxy) is 2. The standard InChI is InChI=1S/C15H26N4O4S/c1-5-24(20,21)19(2)10-6-9-17-15(16)18-12-7-8-13(22-3)14(11-12)23-4/h7-8,11H,5-6,9-10H2,1-4H3,(H3,16,17,18). The van der Waals surface area contributed by atoms with E-state index >= 15 is 0 Å². The number of aliphatic imine (C=N–C) groups is 1. The summed E-state index contributed by atoms with van der Waals surface area (Å²) in [4.78, 5) is 4.19. The van der Waals surface area contributed by atoms with Crippen LogP contribution in [-0.4, -0.2) is 58.8 Å². The van der Waals surface area contributed by atoms with Gasteiger partial charge in [-0.3, -0.25) is 4.99 Å². The normalized spacial score (nSPS) is 12.3. The smallest absolute Gasteiger partial charge is 0.213 e. The molecule has 8 nitrogen and oxygen atoms in total. The van der Waals surface area contributed by atoms with Crippen molar-refractivity contribution in [3.8, 4) is 11.5 Å². The van der Waals surface area contributed by atoms with Gasteiger partial charge in [0.05, 0.1) is 20.0 Å². The van der Waals surface area contributed by atoms with Gasteiger partial charge in [-0.15, -0.1) is 0 Å². The lowest BCUT2D eigenvalue weighted by molar-refractivity contribution is 0.355. The minimum Gasteiger partial charge on any atom is -0.493 e. The van der Waals surface area contributed by atoms with Gasteiger partial charge in [-0.05, 0) is 25.5 Å². The van der Waals surface area contributed by atoms with Crippen LogP contribution in [0.25, 0.3) is 0 Å². The number of benzene rings is 1. The zero-order chi connectivity index (χ0) is 18.2. The lowest BCUT2D eigenvalue weighted by atomic mass is 10.3. The average molecular weight is 358 g/mol. The molecule has 1 aromatic rings. The molecule has 0 unspecified atom stereocenters. The fraction of sp³-hybridized carbons (Fsp3) is 0.533. The molecule has 24 heavy (non-hydrogen) atoms. The summed E-state index contributed by atoms with van der Waals surface area (Å²) in [6, 6.07) is 5.31. The molecule has 0 saturated heterocycles. The quantitative estimate of drug-likeness (QED) is 0.389. The molecule has 0 amide bonds. The first kappa shape index (κ1) is 20.0. The molecule has 136 valence electrons. The number of nitrogens with one attached hydrogen (secondary N) is 1. The highest BCUT2D eigenvalue weighted by Crippen LogP contribution is 2.29. The van der Waals surface area contributed by atoms with E-state index in [-0.39, 0.29) is 11.7 Å². The molecule has 1 aromatic carbocycles. The molecule has 0 aromatic heterocycles. The number of guanidine groups is 1. The van der Waals surface area contributed by atoms with E-state index in [2.05, 4.69) is 10.3 Å². The fourth-order valence-electron chi connectivity index (χ4n) is 1.95. The Morgan fingerprint density at radius 1 is 1.29 bits per heavy atom. The number of nitrogens with zero attached hydrogens (tertiary/aromatic N) is 2. The van der Waals surface area contributed by atoms with Crippen LogP contribution in [0.15, 0.2) is 23.2 Å². The lowest BCUT2D eigenvalue weighted by Crippen LogP contribution is -2.30. The highest BCUT2D eigenvalue weighted by molar-refractivity contribution is 7.89. The van der Waals surface area contributed by atoms with E-state index in [0.717, 1.165) is 5.69 Å². The molecular weight excluding hydrogens is 332 g/mol. The highest BCUT2D eigenvalue weighted by atomic mass is 32.2. The monoisotopic (exact) mass is 358 g/mol. The van der Waals surface area contributed by atoms with Crippen LogP contribution in [0.1, 0.15) is 13.3 Å². The Kier molecular flexibility index (Phi) is 7.80. The maximum atomic E-state index is 11.6. The minimum atomic E-state index is -3.15. The molecule has 0 radical (unpaired) electrons. The van der Waals surface area contributed by atoms with Crippen molar-refractivity contribution in [2.24, 2.45) is 10.7 Å². The Morgan fingerprint density at radius 2 is 1.96 bits per heavy atom. The molecule has 0 spiro atoms. The van der Waals surface area contributed by atoms with Gasteiger partial charge in [-0.1, -0.05) is 0 Å². The summed E-state index contributed by atoms with van der Waals surface area (Å²) < 4.78 is 34.9. The first-order chi connectivity index (χ1) is 11.3. The molecule has 0 saturated carbocycles. The van der Waals surface area contributed by atoms with Gasteiger partial charge < -0.3 is 20.5 Å². The van der Waals surface area contributed by atoms with Gasteiger partial charge in [-0.25, -0.2) is 12.7 Å². The highest BCUT2D eigenvalue weighted by Gasteiger charge is 2.13. The van der Waals surface area contributed by atoms with E-state index in [9.17, 15) is 8.42 Å². The van der Waals surface area contributed by atoms with Gasteiger partial charge >= 0.3 is 0 Å². The predicted octanol–water partition coefficient (Wildman–Crippen LogP) is 1.10. The molecule has 0 aliphatic heterocycles. The van der Waals surface area contributed by atoms with Crippen molar-refractivity contribution in [2.75, 3.05) is 45.4 Å². The lowest BCUT2D eigenvalue weighted by Gasteiger charge is -2.15. The Morgan fingerprint density at radius 3 is 2.54 bits per heavy atom. The third-order valence-electron chi connectivity index (χ3n) is 3.41. The van der Waals surface area contributed by atoms with Gasteiger partial charge in [0.1, 0.15) is 0 Å². The van der Waals surface area contributed by atoms with E-state index in [1.54, 1.807) is 46.4 Å². The Bertz CT molecular complexity index is 661.